The topological polar surface area (TPSA) is 0 Å². The first-order chi connectivity index (χ1) is 9.61. The van der Waals surface area contributed by atoms with Crippen LogP contribution in [0.15, 0.2) is 18.2 Å². The van der Waals surface area contributed by atoms with Gasteiger partial charge < -0.3 is 0 Å². The average Bonchev–Trinajstić information content (AvgIpc) is 2.45. The summed E-state index contributed by atoms with van der Waals surface area (Å²) < 4.78 is 0. The van der Waals surface area contributed by atoms with Crippen LogP contribution in [0, 0.1) is 25.7 Å². The largest absolute Gasteiger partial charge is 0.0836 e. The van der Waals surface area contributed by atoms with Crippen LogP contribution in [0.3, 0.4) is 0 Å². The fourth-order valence-corrected chi connectivity index (χ4v) is 4.69. The molecule has 20 heavy (non-hydrogen) atoms. The molecule has 1 aromatic carbocycles. The molecule has 0 amide bonds. The summed E-state index contributed by atoms with van der Waals surface area (Å²) in [5.41, 5.74) is 4.32. The van der Waals surface area contributed by atoms with Crippen molar-refractivity contribution in [1.82, 2.24) is 0 Å². The fourth-order valence-electron chi connectivity index (χ4n) is 3.65. The molecule has 112 valence electrons. The van der Waals surface area contributed by atoms with Crippen molar-refractivity contribution in [2.75, 3.05) is 0 Å². The zero-order valence-electron chi connectivity index (χ0n) is 13.3. The third-order valence-corrected chi connectivity index (χ3v) is 6.23. The molecule has 0 radical (unpaired) electrons. The molecule has 0 bridgehead atoms. The van der Waals surface area contributed by atoms with Gasteiger partial charge in [-0.05, 0) is 49.7 Å². The van der Waals surface area contributed by atoms with Crippen molar-refractivity contribution in [2.45, 2.75) is 70.5 Å². The molecule has 0 aromatic heterocycles. The Kier molecular flexibility index (Phi) is 6.14. The van der Waals surface area contributed by atoms with Crippen molar-refractivity contribution in [1.29, 1.82) is 0 Å². The molecule has 1 aliphatic carbocycles. The normalized spacial score (nSPS) is 24.6. The molecule has 1 heteroatoms. The van der Waals surface area contributed by atoms with Gasteiger partial charge in [-0.15, -0.1) is 0 Å². The van der Waals surface area contributed by atoms with Gasteiger partial charge in [-0.3, -0.25) is 0 Å². The maximum atomic E-state index is 4.00. The first-order valence-corrected chi connectivity index (χ1v) is 9.24. The molecule has 1 saturated carbocycles. The van der Waals surface area contributed by atoms with E-state index in [-0.39, 0.29) is 0 Å². The summed E-state index contributed by atoms with van der Waals surface area (Å²) in [6.45, 7) is 6.74. The van der Waals surface area contributed by atoms with Crippen LogP contribution >= 0.6 is 15.9 Å². The van der Waals surface area contributed by atoms with Crippen LogP contribution in [-0.4, -0.2) is 0 Å². The Labute approximate surface area is 133 Å². The molecule has 0 saturated heterocycles. The number of hydrogen-bond donors (Lipinski definition) is 0. The number of rotatable bonds is 5. The van der Waals surface area contributed by atoms with E-state index >= 15 is 0 Å². The third kappa shape index (κ3) is 4.10. The monoisotopic (exact) mass is 336 g/mol. The highest BCUT2D eigenvalue weighted by Gasteiger charge is 2.27. The Bertz CT molecular complexity index is 416. The number of halogens is 1. The molecule has 1 aromatic rings. The number of unbranched alkanes of at least 4 members (excludes halogenated alkanes) is 1. The van der Waals surface area contributed by atoms with Crippen molar-refractivity contribution in [3.8, 4) is 0 Å². The quantitative estimate of drug-likeness (QED) is 0.522. The highest BCUT2D eigenvalue weighted by atomic mass is 79.9. The van der Waals surface area contributed by atoms with Crippen LogP contribution in [0.25, 0.3) is 0 Å². The van der Waals surface area contributed by atoms with Crippen LogP contribution in [0.1, 0.15) is 73.4 Å². The number of benzene rings is 1. The maximum Gasteiger partial charge on any atom is 0.0426 e. The summed E-state index contributed by atoms with van der Waals surface area (Å²) in [7, 11) is 0. The third-order valence-electron chi connectivity index (χ3n) is 4.99. The molecular weight excluding hydrogens is 308 g/mol. The fraction of sp³-hybridized carbons (Fsp3) is 0.684. The molecule has 1 unspecified atom stereocenters. The zero-order valence-corrected chi connectivity index (χ0v) is 14.9. The van der Waals surface area contributed by atoms with Crippen molar-refractivity contribution < 1.29 is 0 Å². The predicted molar refractivity (Wildman–Crippen MR) is 92.6 cm³/mol. The number of alkyl halides is 1. The lowest BCUT2D eigenvalue weighted by Gasteiger charge is -2.32. The predicted octanol–water partition coefficient (Wildman–Crippen LogP) is 6.74. The van der Waals surface area contributed by atoms with E-state index < -0.39 is 0 Å². The highest BCUT2D eigenvalue weighted by Crippen LogP contribution is 2.43. The lowest BCUT2D eigenvalue weighted by Crippen LogP contribution is -2.18. The van der Waals surface area contributed by atoms with E-state index in [0.717, 1.165) is 11.8 Å². The second kappa shape index (κ2) is 7.64. The summed E-state index contributed by atoms with van der Waals surface area (Å²) in [4.78, 5) is 0.551. The van der Waals surface area contributed by atoms with E-state index in [4.69, 9.17) is 0 Å². The van der Waals surface area contributed by atoms with Crippen molar-refractivity contribution in [2.24, 2.45) is 11.8 Å². The summed E-state index contributed by atoms with van der Waals surface area (Å²) >= 11 is 4.00. The average molecular weight is 337 g/mol. The van der Waals surface area contributed by atoms with Gasteiger partial charge in [0, 0.05) is 4.83 Å². The Balaban J connectivity index is 1.92. The van der Waals surface area contributed by atoms with Gasteiger partial charge in [0.05, 0.1) is 0 Å². The lowest BCUT2D eigenvalue weighted by molar-refractivity contribution is 0.257. The molecule has 1 fully saturated rings. The highest BCUT2D eigenvalue weighted by molar-refractivity contribution is 9.09. The Morgan fingerprint density at radius 1 is 1.15 bits per heavy atom. The first kappa shape index (κ1) is 16.1. The number of hydrogen-bond acceptors (Lipinski definition) is 0. The minimum atomic E-state index is 0.551. The molecule has 0 nitrogen and oxygen atoms in total. The van der Waals surface area contributed by atoms with Crippen molar-refractivity contribution >= 4 is 15.9 Å². The molecule has 2 rings (SSSR count). The second-order valence-corrected chi connectivity index (χ2v) is 7.67. The Morgan fingerprint density at radius 2 is 1.85 bits per heavy atom. The van der Waals surface area contributed by atoms with E-state index in [0.29, 0.717) is 4.83 Å². The number of aryl methyl sites for hydroxylation is 2. The van der Waals surface area contributed by atoms with E-state index in [2.05, 4.69) is 54.9 Å². The van der Waals surface area contributed by atoms with Crippen LogP contribution in [0.2, 0.25) is 0 Å². The summed E-state index contributed by atoms with van der Waals surface area (Å²) in [6.07, 6.45) is 9.91. The summed E-state index contributed by atoms with van der Waals surface area (Å²) in [5.74, 6) is 1.83. The van der Waals surface area contributed by atoms with Gasteiger partial charge in [0.25, 0.3) is 0 Å². The van der Waals surface area contributed by atoms with E-state index in [1.807, 2.05) is 0 Å². The lowest BCUT2D eigenvalue weighted by atomic mass is 9.77. The maximum absolute atomic E-state index is 4.00. The summed E-state index contributed by atoms with van der Waals surface area (Å²) in [5, 5.41) is 0. The van der Waals surface area contributed by atoms with E-state index in [9.17, 15) is 0 Å². The molecule has 0 aliphatic heterocycles. The van der Waals surface area contributed by atoms with Gasteiger partial charge in [-0.1, -0.05) is 78.7 Å². The van der Waals surface area contributed by atoms with Gasteiger partial charge in [-0.25, -0.2) is 0 Å². The van der Waals surface area contributed by atoms with Gasteiger partial charge in [0.1, 0.15) is 0 Å². The Morgan fingerprint density at radius 3 is 2.45 bits per heavy atom. The standard InChI is InChI=1S/C19H29Br/c1-4-5-6-16-8-10-17(11-9-16)19(20)18-12-7-14(2)13-15(18)3/h7,12-13,16-17,19H,4-6,8-11H2,1-3H3. The summed E-state index contributed by atoms with van der Waals surface area (Å²) in [6, 6.07) is 6.90. The molecule has 0 N–H and O–H groups in total. The van der Waals surface area contributed by atoms with Crippen LogP contribution < -0.4 is 0 Å². The van der Waals surface area contributed by atoms with Crippen LogP contribution in [0.4, 0.5) is 0 Å². The zero-order chi connectivity index (χ0) is 14.5. The van der Waals surface area contributed by atoms with E-state index in [1.165, 1.54) is 61.6 Å². The van der Waals surface area contributed by atoms with Crippen molar-refractivity contribution in [3.63, 3.8) is 0 Å². The SMILES string of the molecule is CCCCC1CCC(C(Br)c2ccc(C)cc2C)CC1. The van der Waals surface area contributed by atoms with Crippen molar-refractivity contribution in [3.05, 3.63) is 34.9 Å². The molecular formula is C19H29Br. The Hall–Kier alpha value is -0.300. The van der Waals surface area contributed by atoms with Crippen LogP contribution in [-0.2, 0) is 0 Å². The molecule has 1 atom stereocenters. The van der Waals surface area contributed by atoms with Gasteiger partial charge >= 0.3 is 0 Å². The van der Waals surface area contributed by atoms with E-state index in [1.54, 1.807) is 0 Å². The molecule has 1 aliphatic rings. The minimum absolute atomic E-state index is 0.551. The van der Waals surface area contributed by atoms with Gasteiger partial charge in [0.15, 0.2) is 0 Å². The van der Waals surface area contributed by atoms with Gasteiger partial charge in [0.2, 0.25) is 0 Å². The minimum Gasteiger partial charge on any atom is -0.0836 e. The van der Waals surface area contributed by atoms with Crippen LogP contribution in [0.5, 0.6) is 0 Å². The molecule has 0 spiro atoms. The molecule has 0 heterocycles. The smallest absolute Gasteiger partial charge is 0.0426 e. The second-order valence-electron chi connectivity index (χ2n) is 6.68. The first-order valence-electron chi connectivity index (χ1n) is 8.33. The van der Waals surface area contributed by atoms with Gasteiger partial charge in [-0.2, -0.15) is 0 Å².